The normalized spacial score (nSPS) is 23.1. The van der Waals surface area contributed by atoms with Crippen LogP contribution in [0.15, 0.2) is 24.3 Å². The summed E-state index contributed by atoms with van der Waals surface area (Å²) in [5, 5.41) is 11.9. The summed E-state index contributed by atoms with van der Waals surface area (Å²) in [5.74, 6) is -1.03. The van der Waals surface area contributed by atoms with Gasteiger partial charge in [0, 0.05) is 0 Å². The molecule has 0 aromatic heterocycles. The van der Waals surface area contributed by atoms with E-state index in [9.17, 15) is 9.18 Å². The van der Waals surface area contributed by atoms with Crippen LogP contribution in [-0.2, 0) is 11.2 Å². The Hall–Kier alpha value is -1.13. The zero-order valence-corrected chi connectivity index (χ0v) is 10.0. The molecule has 17 heavy (non-hydrogen) atoms. The van der Waals surface area contributed by atoms with Crippen LogP contribution in [0.5, 0.6) is 0 Å². The lowest BCUT2D eigenvalue weighted by atomic mass is 9.93. The van der Waals surface area contributed by atoms with Crippen molar-refractivity contribution >= 4 is 18.4 Å². The van der Waals surface area contributed by atoms with Gasteiger partial charge < -0.3 is 10.4 Å². The van der Waals surface area contributed by atoms with Crippen LogP contribution in [0.4, 0.5) is 4.39 Å². The van der Waals surface area contributed by atoms with E-state index in [1.165, 1.54) is 12.1 Å². The van der Waals surface area contributed by atoms with E-state index in [-0.39, 0.29) is 24.1 Å². The van der Waals surface area contributed by atoms with E-state index < -0.39 is 12.0 Å². The fraction of sp³-hybridized carbons (Fsp3) is 0.417. The smallest absolute Gasteiger partial charge is 0.320 e. The van der Waals surface area contributed by atoms with E-state index in [2.05, 4.69) is 5.32 Å². The summed E-state index contributed by atoms with van der Waals surface area (Å²) in [6.07, 6.45) is 1.44. The summed E-state index contributed by atoms with van der Waals surface area (Å²) in [5.41, 5.74) is 0.861. The fourth-order valence-corrected chi connectivity index (χ4v) is 2.23. The molecule has 0 radical (unpaired) electrons. The van der Waals surface area contributed by atoms with Crippen molar-refractivity contribution in [3.63, 3.8) is 0 Å². The van der Waals surface area contributed by atoms with Gasteiger partial charge in [-0.3, -0.25) is 4.79 Å². The van der Waals surface area contributed by atoms with Crippen LogP contribution in [-0.4, -0.2) is 23.7 Å². The maximum absolute atomic E-state index is 13.0. The van der Waals surface area contributed by atoms with Crippen LogP contribution in [0.25, 0.3) is 0 Å². The van der Waals surface area contributed by atoms with Crippen molar-refractivity contribution in [2.45, 2.75) is 18.9 Å². The molecule has 1 aromatic rings. The van der Waals surface area contributed by atoms with Crippen molar-refractivity contribution < 1.29 is 14.3 Å². The molecule has 1 aromatic carbocycles. The van der Waals surface area contributed by atoms with Crippen LogP contribution in [0.3, 0.4) is 0 Å². The second-order valence-corrected chi connectivity index (χ2v) is 4.15. The first kappa shape index (κ1) is 13.9. The minimum absolute atomic E-state index is 0. The number of rotatable bonds is 3. The van der Waals surface area contributed by atoms with Gasteiger partial charge in [0.15, 0.2) is 0 Å². The van der Waals surface area contributed by atoms with Crippen molar-refractivity contribution in [3.05, 3.63) is 35.6 Å². The van der Waals surface area contributed by atoms with Gasteiger partial charge >= 0.3 is 5.97 Å². The predicted octanol–water partition coefficient (Wildman–Crippen LogP) is 1.85. The molecule has 0 spiro atoms. The van der Waals surface area contributed by atoms with E-state index in [4.69, 9.17) is 5.11 Å². The number of benzene rings is 1. The molecule has 2 N–H and O–H groups in total. The Bertz CT molecular complexity index is 400. The van der Waals surface area contributed by atoms with Gasteiger partial charge in [0.2, 0.25) is 0 Å². The average Bonchev–Trinajstić information content (AvgIpc) is 2.66. The van der Waals surface area contributed by atoms with E-state index in [0.29, 0.717) is 6.42 Å². The molecule has 1 aliphatic rings. The first-order valence-electron chi connectivity index (χ1n) is 5.37. The molecule has 1 saturated heterocycles. The molecule has 0 aliphatic carbocycles. The molecule has 0 bridgehead atoms. The standard InChI is InChI=1S/C12H14FNO2.ClH/c13-10-3-1-2-8(7-10)6-9-4-5-14-11(9)12(15)16;/h1-3,7,9,11,14H,4-6H2,(H,15,16);1H/t9?,11-;/m0./s1. The highest BCUT2D eigenvalue weighted by atomic mass is 35.5. The van der Waals surface area contributed by atoms with Crippen LogP contribution in [0.1, 0.15) is 12.0 Å². The molecule has 1 unspecified atom stereocenters. The second-order valence-electron chi connectivity index (χ2n) is 4.15. The average molecular weight is 260 g/mol. The van der Waals surface area contributed by atoms with E-state index in [0.717, 1.165) is 18.5 Å². The number of nitrogens with one attached hydrogen (secondary N) is 1. The molecular weight excluding hydrogens is 245 g/mol. The van der Waals surface area contributed by atoms with Gasteiger partial charge in [0.05, 0.1) is 0 Å². The lowest BCUT2D eigenvalue weighted by Crippen LogP contribution is -2.36. The SMILES string of the molecule is Cl.O=C(O)[C@H]1NCCC1Cc1cccc(F)c1. The summed E-state index contributed by atoms with van der Waals surface area (Å²) in [7, 11) is 0. The van der Waals surface area contributed by atoms with Gasteiger partial charge in [-0.1, -0.05) is 12.1 Å². The Kier molecular flexibility index (Phi) is 4.90. The predicted molar refractivity (Wildman–Crippen MR) is 64.9 cm³/mol. The van der Waals surface area contributed by atoms with Gasteiger partial charge in [-0.05, 0) is 43.0 Å². The Morgan fingerprint density at radius 3 is 2.94 bits per heavy atom. The number of carboxylic acid groups (broad SMARTS) is 1. The quantitative estimate of drug-likeness (QED) is 0.871. The fourth-order valence-electron chi connectivity index (χ4n) is 2.23. The molecule has 3 nitrogen and oxygen atoms in total. The summed E-state index contributed by atoms with van der Waals surface area (Å²) >= 11 is 0. The third-order valence-electron chi connectivity index (χ3n) is 3.00. The van der Waals surface area contributed by atoms with Crippen LogP contribution < -0.4 is 5.32 Å². The Labute approximate surface area is 105 Å². The highest BCUT2D eigenvalue weighted by molar-refractivity contribution is 5.85. The van der Waals surface area contributed by atoms with Gasteiger partial charge in [-0.15, -0.1) is 12.4 Å². The van der Waals surface area contributed by atoms with Crippen molar-refractivity contribution in [1.29, 1.82) is 0 Å². The van der Waals surface area contributed by atoms with E-state index in [1.54, 1.807) is 6.07 Å². The number of hydrogen-bond donors (Lipinski definition) is 2. The number of halogens is 2. The maximum Gasteiger partial charge on any atom is 0.320 e. The number of carbonyl (C=O) groups is 1. The molecular formula is C12H15ClFNO2. The number of carboxylic acids is 1. The number of aliphatic carboxylic acids is 1. The van der Waals surface area contributed by atoms with Crippen molar-refractivity contribution in [3.8, 4) is 0 Å². The Morgan fingerprint density at radius 1 is 1.53 bits per heavy atom. The summed E-state index contributed by atoms with van der Waals surface area (Å²) < 4.78 is 13.0. The first-order chi connectivity index (χ1) is 7.66. The first-order valence-corrected chi connectivity index (χ1v) is 5.37. The molecule has 1 heterocycles. The van der Waals surface area contributed by atoms with Crippen molar-refractivity contribution in [2.75, 3.05) is 6.54 Å². The van der Waals surface area contributed by atoms with Gasteiger partial charge in [0.1, 0.15) is 11.9 Å². The van der Waals surface area contributed by atoms with Gasteiger partial charge in [-0.25, -0.2) is 4.39 Å². The molecule has 2 rings (SSSR count). The molecule has 0 amide bonds. The second kappa shape index (κ2) is 5.98. The third kappa shape index (κ3) is 3.41. The lowest BCUT2D eigenvalue weighted by Gasteiger charge is -2.15. The lowest BCUT2D eigenvalue weighted by molar-refractivity contribution is -0.140. The summed E-state index contributed by atoms with van der Waals surface area (Å²) in [4.78, 5) is 10.9. The van der Waals surface area contributed by atoms with Gasteiger partial charge in [-0.2, -0.15) is 0 Å². The van der Waals surface area contributed by atoms with Crippen LogP contribution in [0.2, 0.25) is 0 Å². The molecule has 1 aliphatic heterocycles. The molecule has 2 atom stereocenters. The zero-order chi connectivity index (χ0) is 11.5. The minimum atomic E-state index is -0.820. The minimum Gasteiger partial charge on any atom is -0.480 e. The largest absolute Gasteiger partial charge is 0.480 e. The third-order valence-corrected chi connectivity index (χ3v) is 3.00. The van der Waals surface area contributed by atoms with Crippen LogP contribution >= 0.6 is 12.4 Å². The number of hydrogen-bond acceptors (Lipinski definition) is 2. The highest BCUT2D eigenvalue weighted by Crippen LogP contribution is 2.21. The topological polar surface area (TPSA) is 49.3 Å². The van der Waals surface area contributed by atoms with E-state index >= 15 is 0 Å². The summed E-state index contributed by atoms with van der Waals surface area (Å²) in [6, 6.07) is 5.86. The zero-order valence-electron chi connectivity index (χ0n) is 9.23. The maximum atomic E-state index is 13.0. The summed E-state index contributed by atoms with van der Waals surface area (Å²) in [6.45, 7) is 0.719. The van der Waals surface area contributed by atoms with Crippen molar-refractivity contribution in [2.24, 2.45) is 5.92 Å². The van der Waals surface area contributed by atoms with Crippen LogP contribution in [0, 0.1) is 11.7 Å². The molecule has 0 saturated carbocycles. The van der Waals surface area contributed by atoms with Gasteiger partial charge in [0.25, 0.3) is 0 Å². The van der Waals surface area contributed by atoms with Crippen molar-refractivity contribution in [1.82, 2.24) is 5.32 Å². The Morgan fingerprint density at radius 2 is 2.29 bits per heavy atom. The molecule has 5 heteroatoms. The highest BCUT2D eigenvalue weighted by Gasteiger charge is 2.32. The monoisotopic (exact) mass is 259 g/mol. The Balaban J connectivity index is 0.00000144. The molecule has 94 valence electrons. The van der Waals surface area contributed by atoms with E-state index in [1.807, 2.05) is 6.07 Å². The molecule has 1 fully saturated rings.